The molecule has 1 aliphatic heterocycles. The minimum Gasteiger partial charge on any atom is -0.481 e. The number of rotatable bonds is 6. The first kappa shape index (κ1) is 20.9. The summed E-state index contributed by atoms with van der Waals surface area (Å²) >= 11 is 0. The summed E-state index contributed by atoms with van der Waals surface area (Å²) in [5.41, 5.74) is 3.09. The lowest BCUT2D eigenvalue weighted by Gasteiger charge is -2.21. The van der Waals surface area contributed by atoms with E-state index < -0.39 is 6.10 Å². The van der Waals surface area contributed by atoms with Gasteiger partial charge in [0, 0.05) is 25.2 Å². The van der Waals surface area contributed by atoms with Crippen molar-refractivity contribution in [1.29, 1.82) is 0 Å². The molecule has 1 heterocycles. The molecular formula is C24H30N2O3. The van der Waals surface area contributed by atoms with Crippen LogP contribution in [-0.4, -0.2) is 24.5 Å². The fraction of sp³-hybridized carbons (Fsp3) is 0.417. The standard InChI is InChI=1S/C24H30N2O3/c1-17(29-21-8-5-7-19(15-21)24(2,3)4)23(28)25-16-18-10-12-20(13-11-18)26-14-6-9-22(26)27/h5,7-8,10-13,15,17H,6,9,14,16H2,1-4H3,(H,25,28). The van der Waals surface area contributed by atoms with Crippen LogP contribution in [0, 0.1) is 0 Å². The summed E-state index contributed by atoms with van der Waals surface area (Å²) in [6.07, 6.45) is 0.938. The van der Waals surface area contributed by atoms with E-state index in [1.54, 1.807) is 6.92 Å². The Kier molecular flexibility index (Phi) is 6.26. The molecule has 2 aromatic rings. The number of nitrogens with one attached hydrogen (secondary N) is 1. The van der Waals surface area contributed by atoms with Crippen LogP contribution in [0.25, 0.3) is 0 Å². The minimum atomic E-state index is -0.591. The van der Waals surface area contributed by atoms with Crippen LogP contribution < -0.4 is 15.0 Å². The number of ether oxygens (including phenoxy) is 1. The summed E-state index contributed by atoms with van der Waals surface area (Å²) in [4.78, 5) is 26.1. The molecule has 1 aliphatic rings. The van der Waals surface area contributed by atoms with Crippen LogP contribution in [0.15, 0.2) is 48.5 Å². The first-order chi connectivity index (χ1) is 13.7. The van der Waals surface area contributed by atoms with Crippen LogP contribution in [0.2, 0.25) is 0 Å². The topological polar surface area (TPSA) is 58.6 Å². The summed E-state index contributed by atoms with van der Waals surface area (Å²) in [5, 5.41) is 2.92. The van der Waals surface area contributed by atoms with Gasteiger partial charge in [0.15, 0.2) is 6.10 Å². The molecule has 2 aromatic carbocycles. The molecule has 2 amide bonds. The Bertz CT molecular complexity index is 868. The Balaban J connectivity index is 1.53. The molecule has 1 saturated heterocycles. The number of anilines is 1. The van der Waals surface area contributed by atoms with E-state index in [9.17, 15) is 9.59 Å². The molecule has 154 valence electrons. The van der Waals surface area contributed by atoms with Crippen LogP contribution >= 0.6 is 0 Å². The molecule has 1 unspecified atom stereocenters. The van der Waals surface area contributed by atoms with Crippen molar-refractivity contribution >= 4 is 17.5 Å². The highest BCUT2D eigenvalue weighted by Crippen LogP contribution is 2.26. The molecule has 0 radical (unpaired) electrons. The molecule has 0 aliphatic carbocycles. The summed E-state index contributed by atoms with van der Waals surface area (Å²) < 4.78 is 5.84. The van der Waals surface area contributed by atoms with E-state index in [1.807, 2.05) is 47.4 Å². The number of nitrogens with zero attached hydrogens (tertiary/aromatic N) is 1. The lowest BCUT2D eigenvalue weighted by atomic mass is 9.87. The smallest absolute Gasteiger partial charge is 0.261 e. The first-order valence-electron chi connectivity index (χ1n) is 10.2. The molecule has 5 heteroatoms. The molecule has 0 bridgehead atoms. The first-order valence-corrected chi connectivity index (χ1v) is 10.2. The number of carbonyl (C=O) groups is 2. The Hall–Kier alpha value is -2.82. The Morgan fingerprint density at radius 2 is 1.90 bits per heavy atom. The van der Waals surface area contributed by atoms with Crippen LogP contribution in [-0.2, 0) is 21.5 Å². The Morgan fingerprint density at radius 3 is 2.52 bits per heavy atom. The number of carbonyl (C=O) groups excluding carboxylic acids is 2. The van der Waals surface area contributed by atoms with Gasteiger partial charge in [-0.2, -0.15) is 0 Å². The Labute approximate surface area is 173 Å². The normalized spacial score (nSPS) is 15.3. The van der Waals surface area contributed by atoms with Crippen molar-refractivity contribution in [2.45, 2.75) is 58.6 Å². The molecule has 5 nitrogen and oxygen atoms in total. The van der Waals surface area contributed by atoms with Gasteiger partial charge in [0.1, 0.15) is 5.75 Å². The van der Waals surface area contributed by atoms with Crippen LogP contribution in [0.1, 0.15) is 51.7 Å². The fourth-order valence-electron chi connectivity index (χ4n) is 3.34. The number of benzene rings is 2. The zero-order chi connectivity index (χ0) is 21.0. The molecule has 0 aromatic heterocycles. The van der Waals surface area contributed by atoms with E-state index in [4.69, 9.17) is 4.74 Å². The molecule has 1 N–H and O–H groups in total. The molecule has 1 fully saturated rings. The van der Waals surface area contributed by atoms with Gasteiger partial charge >= 0.3 is 0 Å². The number of amides is 2. The number of hydrogen-bond acceptors (Lipinski definition) is 3. The average Bonchev–Trinajstić information content (AvgIpc) is 3.12. The van der Waals surface area contributed by atoms with Crippen molar-refractivity contribution in [3.8, 4) is 5.75 Å². The summed E-state index contributed by atoms with van der Waals surface area (Å²) in [6, 6.07) is 15.6. The summed E-state index contributed by atoms with van der Waals surface area (Å²) in [6.45, 7) is 9.39. The molecule has 3 rings (SSSR count). The van der Waals surface area contributed by atoms with Gasteiger partial charge in [-0.05, 0) is 54.2 Å². The van der Waals surface area contributed by atoms with Crippen molar-refractivity contribution in [3.05, 3.63) is 59.7 Å². The van der Waals surface area contributed by atoms with Crippen molar-refractivity contribution in [2.24, 2.45) is 0 Å². The second kappa shape index (κ2) is 8.68. The fourth-order valence-corrected chi connectivity index (χ4v) is 3.34. The molecule has 29 heavy (non-hydrogen) atoms. The van der Waals surface area contributed by atoms with Crippen molar-refractivity contribution in [3.63, 3.8) is 0 Å². The quantitative estimate of drug-likeness (QED) is 0.799. The lowest BCUT2D eigenvalue weighted by molar-refractivity contribution is -0.127. The van der Waals surface area contributed by atoms with Crippen LogP contribution in [0.4, 0.5) is 5.69 Å². The third-order valence-electron chi connectivity index (χ3n) is 5.17. The average molecular weight is 395 g/mol. The highest BCUT2D eigenvalue weighted by molar-refractivity contribution is 5.95. The second-order valence-electron chi connectivity index (χ2n) is 8.57. The summed E-state index contributed by atoms with van der Waals surface area (Å²) in [7, 11) is 0. The van der Waals surface area contributed by atoms with Crippen molar-refractivity contribution in [1.82, 2.24) is 5.32 Å². The SMILES string of the molecule is CC(Oc1cccc(C(C)(C)C)c1)C(=O)NCc1ccc(N2CCCC2=O)cc1. The van der Waals surface area contributed by atoms with Gasteiger partial charge in [-0.15, -0.1) is 0 Å². The molecule has 1 atom stereocenters. The molecule has 0 spiro atoms. The van der Waals surface area contributed by atoms with Crippen LogP contribution in [0.5, 0.6) is 5.75 Å². The van der Waals surface area contributed by atoms with Crippen molar-refractivity contribution < 1.29 is 14.3 Å². The molecule has 0 saturated carbocycles. The van der Waals surface area contributed by atoms with Crippen molar-refractivity contribution in [2.75, 3.05) is 11.4 Å². The lowest BCUT2D eigenvalue weighted by Crippen LogP contribution is -2.36. The van der Waals surface area contributed by atoms with Gasteiger partial charge in [0.25, 0.3) is 5.91 Å². The second-order valence-corrected chi connectivity index (χ2v) is 8.57. The van der Waals surface area contributed by atoms with E-state index in [2.05, 4.69) is 32.2 Å². The van der Waals surface area contributed by atoms with E-state index in [0.29, 0.717) is 18.7 Å². The largest absolute Gasteiger partial charge is 0.481 e. The predicted octanol–water partition coefficient (Wildman–Crippen LogP) is 4.19. The highest BCUT2D eigenvalue weighted by Gasteiger charge is 2.21. The summed E-state index contributed by atoms with van der Waals surface area (Å²) in [5.74, 6) is 0.706. The zero-order valence-corrected chi connectivity index (χ0v) is 17.7. The van der Waals surface area contributed by atoms with E-state index in [1.165, 1.54) is 5.56 Å². The van der Waals surface area contributed by atoms with Gasteiger partial charge in [0.2, 0.25) is 5.91 Å². The highest BCUT2D eigenvalue weighted by atomic mass is 16.5. The number of hydrogen-bond donors (Lipinski definition) is 1. The third-order valence-corrected chi connectivity index (χ3v) is 5.17. The molecular weight excluding hydrogens is 364 g/mol. The van der Waals surface area contributed by atoms with Gasteiger partial charge in [-0.25, -0.2) is 0 Å². The maximum atomic E-state index is 12.4. The third kappa shape index (κ3) is 5.37. The predicted molar refractivity (Wildman–Crippen MR) is 115 cm³/mol. The van der Waals surface area contributed by atoms with Crippen LogP contribution in [0.3, 0.4) is 0 Å². The maximum Gasteiger partial charge on any atom is 0.261 e. The van der Waals surface area contributed by atoms with E-state index in [0.717, 1.165) is 24.2 Å². The minimum absolute atomic E-state index is 0.0245. The monoisotopic (exact) mass is 394 g/mol. The van der Waals surface area contributed by atoms with Gasteiger partial charge in [-0.3, -0.25) is 9.59 Å². The van der Waals surface area contributed by atoms with E-state index >= 15 is 0 Å². The van der Waals surface area contributed by atoms with Gasteiger partial charge < -0.3 is 15.0 Å². The van der Waals surface area contributed by atoms with Gasteiger partial charge in [0.05, 0.1) is 0 Å². The Morgan fingerprint density at radius 1 is 1.17 bits per heavy atom. The van der Waals surface area contributed by atoms with Gasteiger partial charge in [-0.1, -0.05) is 45.0 Å². The maximum absolute atomic E-state index is 12.4. The zero-order valence-electron chi connectivity index (χ0n) is 17.7. The van der Waals surface area contributed by atoms with E-state index in [-0.39, 0.29) is 17.2 Å².